The Morgan fingerprint density at radius 2 is 1.52 bits per heavy atom. The normalized spacial score (nSPS) is 16.5. The Balaban J connectivity index is 2.03. The fourth-order valence-electron chi connectivity index (χ4n) is 2.48. The van der Waals surface area contributed by atoms with E-state index in [0.717, 1.165) is 12.8 Å². The van der Waals surface area contributed by atoms with E-state index < -0.39 is 0 Å². The molecule has 4 nitrogen and oxygen atoms in total. The van der Waals surface area contributed by atoms with Crippen LogP contribution in [0, 0.1) is 5.92 Å². The smallest absolute Gasteiger partial charge is 0.306 e. The molecule has 1 rings (SSSR count). The average Bonchev–Trinajstić information content (AvgIpc) is 2.70. The minimum atomic E-state index is -0.166. The SMILES string of the molecule is CC(C)COC(=O)CCCCC(=O)OC1CCCCCC1. The maximum absolute atomic E-state index is 11.7. The topological polar surface area (TPSA) is 52.6 Å². The van der Waals surface area contributed by atoms with Gasteiger partial charge in [-0.2, -0.15) is 0 Å². The van der Waals surface area contributed by atoms with Crippen LogP contribution in [0.2, 0.25) is 0 Å². The van der Waals surface area contributed by atoms with Crippen molar-refractivity contribution in [3.8, 4) is 0 Å². The van der Waals surface area contributed by atoms with Gasteiger partial charge in [-0.1, -0.05) is 26.7 Å². The second-order valence-corrected chi connectivity index (χ2v) is 6.39. The van der Waals surface area contributed by atoms with Crippen molar-refractivity contribution in [1.82, 2.24) is 0 Å². The van der Waals surface area contributed by atoms with Gasteiger partial charge in [0.05, 0.1) is 6.61 Å². The third kappa shape index (κ3) is 9.48. The molecule has 1 saturated carbocycles. The molecule has 1 fully saturated rings. The first-order valence-corrected chi connectivity index (χ1v) is 8.43. The van der Waals surface area contributed by atoms with Crippen molar-refractivity contribution >= 4 is 11.9 Å². The van der Waals surface area contributed by atoms with E-state index in [-0.39, 0.29) is 18.0 Å². The zero-order valence-corrected chi connectivity index (χ0v) is 13.6. The summed E-state index contributed by atoms with van der Waals surface area (Å²) in [6, 6.07) is 0. The summed E-state index contributed by atoms with van der Waals surface area (Å²) in [6.07, 6.45) is 9.17. The van der Waals surface area contributed by atoms with E-state index in [1.54, 1.807) is 0 Å². The highest BCUT2D eigenvalue weighted by Crippen LogP contribution is 2.20. The Hall–Kier alpha value is -1.06. The molecule has 1 aliphatic rings. The van der Waals surface area contributed by atoms with Crippen molar-refractivity contribution in [1.29, 1.82) is 0 Å². The van der Waals surface area contributed by atoms with Gasteiger partial charge < -0.3 is 9.47 Å². The number of rotatable bonds is 8. The van der Waals surface area contributed by atoms with Crippen LogP contribution in [0.3, 0.4) is 0 Å². The van der Waals surface area contributed by atoms with Crippen LogP contribution in [0.25, 0.3) is 0 Å². The monoisotopic (exact) mass is 298 g/mol. The molecule has 0 radical (unpaired) electrons. The molecule has 0 amide bonds. The van der Waals surface area contributed by atoms with Crippen molar-refractivity contribution < 1.29 is 19.1 Å². The van der Waals surface area contributed by atoms with Crippen molar-refractivity contribution in [3.63, 3.8) is 0 Å². The number of esters is 2. The molecule has 0 aromatic rings. The van der Waals surface area contributed by atoms with Crippen LogP contribution in [0.5, 0.6) is 0 Å². The maximum Gasteiger partial charge on any atom is 0.306 e. The molecular formula is C17H30O4. The molecule has 0 spiro atoms. The predicted octanol–water partition coefficient (Wildman–Crippen LogP) is 4.01. The second-order valence-electron chi connectivity index (χ2n) is 6.39. The van der Waals surface area contributed by atoms with Gasteiger partial charge in [0.15, 0.2) is 0 Å². The standard InChI is InChI=1S/C17H30O4/c1-14(2)13-20-16(18)11-7-8-12-17(19)21-15-9-5-3-4-6-10-15/h14-15H,3-13H2,1-2H3. The molecule has 0 unspecified atom stereocenters. The first-order chi connectivity index (χ1) is 10.1. The minimum Gasteiger partial charge on any atom is -0.465 e. The summed E-state index contributed by atoms with van der Waals surface area (Å²) in [4.78, 5) is 23.2. The molecule has 0 aliphatic heterocycles. The molecular weight excluding hydrogens is 268 g/mol. The molecule has 0 heterocycles. The van der Waals surface area contributed by atoms with Crippen LogP contribution in [0.4, 0.5) is 0 Å². The molecule has 21 heavy (non-hydrogen) atoms. The van der Waals surface area contributed by atoms with E-state index in [1.807, 2.05) is 13.8 Å². The quantitative estimate of drug-likeness (QED) is 0.386. The third-order valence-corrected chi connectivity index (χ3v) is 3.69. The van der Waals surface area contributed by atoms with Gasteiger partial charge in [-0.05, 0) is 44.4 Å². The van der Waals surface area contributed by atoms with Crippen LogP contribution in [-0.2, 0) is 19.1 Å². The minimum absolute atomic E-state index is 0.113. The molecule has 122 valence electrons. The van der Waals surface area contributed by atoms with Gasteiger partial charge >= 0.3 is 11.9 Å². The highest BCUT2D eigenvalue weighted by atomic mass is 16.5. The molecule has 4 heteroatoms. The van der Waals surface area contributed by atoms with Crippen LogP contribution in [0.1, 0.15) is 78.1 Å². The Morgan fingerprint density at radius 1 is 0.952 bits per heavy atom. The summed E-state index contributed by atoms with van der Waals surface area (Å²) < 4.78 is 10.6. The summed E-state index contributed by atoms with van der Waals surface area (Å²) in [5, 5.41) is 0. The Labute approximate surface area is 128 Å². The zero-order chi connectivity index (χ0) is 15.5. The van der Waals surface area contributed by atoms with E-state index in [1.165, 1.54) is 25.7 Å². The largest absolute Gasteiger partial charge is 0.465 e. The number of unbranched alkanes of at least 4 members (excludes halogenated alkanes) is 1. The van der Waals surface area contributed by atoms with Crippen molar-refractivity contribution in [2.45, 2.75) is 84.2 Å². The van der Waals surface area contributed by atoms with Crippen LogP contribution >= 0.6 is 0 Å². The number of hydrogen-bond acceptors (Lipinski definition) is 4. The van der Waals surface area contributed by atoms with Crippen LogP contribution in [-0.4, -0.2) is 24.6 Å². The van der Waals surface area contributed by atoms with Crippen LogP contribution < -0.4 is 0 Å². The lowest BCUT2D eigenvalue weighted by Crippen LogP contribution is -2.17. The van der Waals surface area contributed by atoms with Crippen molar-refractivity contribution in [2.75, 3.05) is 6.61 Å². The number of hydrogen-bond donors (Lipinski definition) is 0. The summed E-state index contributed by atoms with van der Waals surface area (Å²) in [5.41, 5.74) is 0. The van der Waals surface area contributed by atoms with E-state index in [2.05, 4.69) is 0 Å². The van der Waals surface area contributed by atoms with Crippen molar-refractivity contribution in [2.24, 2.45) is 5.92 Å². The number of carbonyl (C=O) groups excluding carboxylic acids is 2. The van der Waals surface area contributed by atoms with Crippen molar-refractivity contribution in [3.05, 3.63) is 0 Å². The molecule has 1 aliphatic carbocycles. The summed E-state index contributed by atoms with van der Waals surface area (Å²) in [7, 11) is 0. The third-order valence-electron chi connectivity index (χ3n) is 3.69. The number of ether oxygens (including phenoxy) is 2. The Kier molecular flexibility index (Phi) is 9.11. The summed E-state index contributed by atoms with van der Waals surface area (Å²) in [6.45, 7) is 4.50. The van der Waals surface area contributed by atoms with E-state index >= 15 is 0 Å². The van der Waals surface area contributed by atoms with Gasteiger partial charge in [0.25, 0.3) is 0 Å². The first kappa shape index (κ1) is 18.0. The fraction of sp³-hybridized carbons (Fsp3) is 0.882. The van der Waals surface area contributed by atoms with Gasteiger partial charge in [0, 0.05) is 12.8 Å². The highest BCUT2D eigenvalue weighted by molar-refractivity contribution is 5.70. The predicted molar refractivity (Wildman–Crippen MR) is 81.8 cm³/mol. The molecule has 0 aromatic carbocycles. The zero-order valence-electron chi connectivity index (χ0n) is 13.6. The molecule has 0 bridgehead atoms. The average molecular weight is 298 g/mol. The summed E-state index contributed by atoms with van der Waals surface area (Å²) >= 11 is 0. The molecule has 0 aromatic heterocycles. The fourth-order valence-corrected chi connectivity index (χ4v) is 2.48. The van der Waals surface area contributed by atoms with Gasteiger partial charge in [0.2, 0.25) is 0 Å². The number of carbonyl (C=O) groups is 2. The maximum atomic E-state index is 11.7. The Morgan fingerprint density at radius 3 is 2.10 bits per heavy atom. The lowest BCUT2D eigenvalue weighted by atomic mass is 10.1. The summed E-state index contributed by atoms with van der Waals surface area (Å²) in [5.74, 6) is 0.0850. The molecule has 0 atom stereocenters. The molecule has 0 N–H and O–H groups in total. The van der Waals surface area contributed by atoms with E-state index in [0.29, 0.717) is 38.2 Å². The van der Waals surface area contributed by atoms with E-state index in [9.17, 15) is 9.59 Å². The lowest BCUT2D eigenvalue weighted by Gasteiger charge is -2.15. The van der Waals surface area contributed by atoms with Gasteiger partial charge in [-0.15, -0.1) is 0 Å². The Bertz CT molecular complexity index is 304. The first-order valence-electron chi connectivity index (χ1n) is 8.43. The van der Waals surface area contributed by atoms with E-state index in [4.69, 9.17) is 9.47 Å². The lowest BCUT2D eigenvalue weighted by molar-refractivity contribution is -0.150. The highest BCUT2D eigenvalue weighted by Gasteiger charge is 2.16. The van der Waals surface area contributed by atoms with Gasteiger partial charge in [0.1, 0.15) is 6.10 Å². The van der Waals surface area contributed by atoms with Crippen LogP contribution in [0.15, 0.2) is 0 Å². The second kappa shape index (κ2) is 10.6. The molecule has 0 saturated heterocycles. The van der Waals surface area contributed by atoms with Gasteiger partial charge in [-0.3, -0.25) is 9.59 Å². The van der Waals surface area contributed by atoms with Gasteiger partial charge in [-0.25, -0.2) is 0 Å².